The molecule has 4 aromatic rings. The van der Waals surface area contributed by atoms with Gasteiger partial charge in [-0.05, 0) is 42.5 Å². The molecule has 0 saturated heterocycles. The van der Waals surface area contributed by atoms with Gasteiger partial charge in [0.25, 0.3) is 0 Å². The Balaban J connectivity index is 1.47. The van der Waals surface area contributed by atoms with Gasteiger partial charge in [0.2, 0.25) is 6.41 Å². The van der Waals surface area contributed by atoms with Crippen molar-refractivity contribution in [1.29, 1.82) is 0 Å². The fraction of sp³-hybridized carbons (Fsp3) is 0.207. The predicted octanol–water partition coefficient (Wildman–Crippen LogP) is 5.29. The summed E-state index contributed by atoms with van der Waals surface area (Å²) in [5.74, 6) is 0.572. The number of anilines is 4. The second-order valence-corrected chi connectivity index (χ2v) is 8.77. The average Bonchev–Trinajstić information content (AvgIpc) is 2.96. The van der Waals surface area contributed by atoms with Gasteiger partial charge in [-0.3, -0.25) is 9.78 Å². The highest BCUT2D eigenvalue weighted by molar-refractivity contribution is 5.96. The number of ether oxygens (including phenoxy) is 2. The number of urea groups is 1. The molecule has 1 N–H and O–H groups in total. The Morgan fingerprint density at radius 3 is 2.33 bits per heavy atom. The van der Waals surface area contributed by atoms with Gasteiger partial charge in [0, 0.05) is 56.2 Å². The number of likely N-dealkylation sites (N-methyl/N-ethyl adjacent to an activating group) is 1. The molecule has 0 fully saturated rings. The largest absolute Gasteiger partial charge is 0.493 e. The highest BCUT2D eigenvalue weighted by Crippen LogP contribution is 2.38. The number of methoxy groups -OCH3 is 2. The number of carbonyl (C=O) groups excluding carboxylic acids is 2. The van der Waals surface area contributed by atoms with E-state index in [1.54, 1.807) is 69.7 Å². The van der Waals surface area contributed by atoms with Crippen LogP contribution in [0.15, 0.2) is 72.9 Å². The maximum absolute atomic E-state index is 15.3. The zero-order valence-corrected chi connectivity index (χ0v) is 22.2. The van der Waals surface area contributed by atoms with Crippen molar-refractivity contribution in [2.24, 2.45) is 0 Å². The van der Waals surface area contributed by atoms with Crippen LogP contribution < -0.4 is 24.6 Å². The quantitative estimate of drug-likeness (QED) is 0.280. The molecular formula is C29H30FN5O4. The highest BCUT2D eigenvalue weighted by Gasteiger charge is 2.17. The Bertz CT molecular complexity index is 1470. The molecule has 0 aliphatic heterocycles. The molecule has 0 saturated carbocycles. The van der Waals surface area contributed by atoms with Crippen molar-refractivity contribution in [3.8, 4) is 11.5 Å². The van der Waals surface area contributed by atoms with Crippen LogP contribution in [0.25, 0.3) is 10.9 Å². The van der Waals surface area contributed by atoms with E-state index in [1.807, 2.05) is 30.3 Å². The van der Waals surface area contributed by atoms with Crippen LogP contribution in [0.2, 0.25) is 0 Å². The normalized spacial score (nSPS) is 10.6. The summed E-state index contributed by atoms with van der Waals surface area (Å²) in [5, 5.41) is 3.47. The first-order valence-electron chi connectivity index (χ1n) is 12.2. The van der Waals surface area contributed by atoms with Crippen LogP contribution >= 0.6 is 0 Å². The lowest BCUT2D eigenvalue weighted by Crippen LogP contribution is -2.38. The maximum Gasteiger partial charge on any atom is 0.321 e. The molecule has 0 bridgehead atoms. The number of hydrogen-bond acceptors (Lipinski definition) is 6. The lowest BCUT2D eigenvalue weighted by Gasteiger charge is -2.24. The lowest BCUT2D eigenvalue weighted by molar-refractivity contribution is -0.107. The Morgan fingerprint density at radius 2 is 1.67 bits per heavy atom. The minimum atomic E-state index is -0.514. The van der Waals surface area contributed by atoms with E-state index < -0.39 is 11.8 Å². The molecule has 0 spiro atoms. The Kier molecular flexibility index (Phi) is 8.45. The van der Waals surface area contributed by atoms with Crippen molar-refractivity contribution in [1.82, 2.24) is 9.88 Å². The molecule has 39 heavy (non-hydrogen) atoms. The summed E-state index contributed by atoms with van der Waals surface area (Å²) >= 11 is 0. The number of hydrogen-bond donors (Lipinski definition) is 1. The van der Waals surface area contributed by atoms with Crippen molar-refractivity contribution >= 4 is 46.1 Å². The molecule has 9 nitrogen and oxygen atoms in total. The first-order valence-corrected chi connectivity index (χ1v) is 12.2. The number of pyridine rings is 1. The number of halogens is 1. The summed E-state index contributed by atoms with van der Waals surface area (Å²) in [6.45, 7) is 0.595. The molecule has 1 heterocycles. The Morgan fingerprint density at radius 1 is 0.949 bits per heavy atom. The van der Waals surface area contributed by atoms with Crippen molar-refractivity contribution in [3.63, 3.8) is 0 Å². The van der Waals surface area contributed by atoms with Crippen molar-refractivity contribution in [2.75, 3.05) is 56.5 Å². The molecule has 3 amide bonds. The number of nitrogens with one attached hydrogen (secondary N) is 1. The molecule has 0 aliphatic rings. The summed E-state index contributed by atoms with van der Waals surface area (Å²) in [4.78, 5) is 33.3. The molecule has 0 atom stereocenters. The van der Waals surface area contributed by atoms with Crippen LogP contribution in [-0.2, 0) is 4.79 Å². The summed E-state index contributed by atoms with van der Waals surface area (Å²) in [7, 11) is 6.47. The molecular weight excluding hydrogens is 501 g/mol. The molecule has 0 unspecified atom stereocenters. The van der Waals surface area contributed by atoms with Gasteiger partial charge in [-0.2, -0.15) is 0 Å². The van der Waals surface area contributed by atoms with Gasteiger partial charge >= 0.3 is 6.03 Å². The third-order valence-corrected chi connectivity index (χ3v) is 6.38. The van der Waals surface area contributed by atoms with Crippen LogP contribution in [0.1, 0.15) is 0 Å². The minimum absolute atomic E-state index is 0.284. The van der Waals surface area contributed by atoms with Crippen LogP contribution in [0.3, 0.4) is 0 Å². The van der Waals surface area contributed by atoms with E-state index in [0.29, 0.717) is 34.9 Å². The van der Waals surface area contributed by atoms with E-state index in [2.05, 4.69) is 10.3 Å². The van der Waals surface area contributed by atoms with E-state index in [-0.39, 0.29) is 6.54 Å². The Hall–Kier alpha value is -4.86. The molecule has 1 aromatic heterocycles. The third kappa shape index (κ3) is 6.01. The molecule has 3 aromatic carbocycles. The molecule has 0 radical (unpaired) electrons. The van der Waals surface area contributed by atoms with Gasteiger partial charge in [-0.25, -0.2) is 9.18 Å². The van der Waals surface area contributed by atoms with E-state index in [4.69, 9.17) is 9.47 Å². The number of amides is 3. The van der Waals surface area contributed by atoms with Crippen molar-refractivity contribution in [3.05, 3.63) is 78.7 Å². The standard InChI is InChI=1S/C29H30FN5O4/c1-33(14-15-35(19-36)21-8-6-5-7-9-21)29(37)32-20-10-11-26(23(30)16-20)34(2)25-12-13-31-24-18-28(39-4)27(38-3)17-22(24)25/h5-13,16-19H,14-15H2,1-4H3,(H,32,37). The molecule has 4 rings (SSSR count). The van der Waals surface area contributed by atoms with Crippen molar-refractivity contribution < 1.29 is 23.5 Å². The Labute approximate surface area is 226 Å². The van der Waals surface area contributed by atoms with Gasteiger partial charge in [0.05, 0.1) is 31.1 Å². The molecule has 202 valence electrons. The average molecular weight is 532 g/mol. The summed E-state index contributed by atoms with van der Waals surface area (Å²) in [6.07, 6.45) is 2.37. The number of rotatable bonds is 10. The van der Waals surface area contributed by atoms with Crippen LogP contribution in [0.4, 0.5) is 31.9 Å². The van der Waals surface area contributed by atoms with Crippen LogP contribution in [0, 0.1) is 5.82 Å². The van der Waals surface area contributed by atoms with E-state index in [1.165, 1.54) is 15.9 Å². The van der Waals surface area contributed by atoms with Crippen LogP contribution in [-0.4, -0.2) is 63.7 Å². The summed E-state index contributed by atoms with van der Waals surface area (Å²) in [6, 6.07) is 18.6. The number of aromatic nitrogens is 1. The van der Waals surface area contributed by atoms with Gasteiger partial charge < -0.3 is 29.5 Å². The number of benzene rings is 3. The number of nitrogens with zero attached hydrogens (tertiary/aromatic N) is 4. The van der Waals surface area contributed by atoms with E-state index in [9.17, 15) is 9.59 Å². The first kappa shape index (κ1) is 27.2. The maximum atomic E-state index is 15.3. The van der Waals surface area contributed by atoms with Gasteiger partial charge in [0.1, 0.15) is 5.82 Å². The summed E-state index contributed by atoms with van der Waals surface area (Å²) < 4.78 is 26.1. The van der Waals surface area contributed by atoms with Gasteiger partial charge in [-0.1, -0.05) is 18.2 Å². The zero-order chi connectivity index (χ0) is 27.9. The number of carbonyl (C=O) groups is 2. The predicted molar refractivity (Wildman–Crippen MR) is 151 cm³/mol. The number of para-hydroxylation sites is 1. The minimum Gasteiger partial charge on any atom is -0.493 e. The highest BCUT2D eigenvalue weighted by atomic mass is 19.1. The molecule has 10 heteroatoms. The number of fused-ring (bicyclic) bond motifs is 1. The fourth-order valence-electron chi connectivity index (χ4n) is 4.18. The van der Waals surface area contributed by atoms with Gasteiger partial charge in [0.15, 0.2) is 11.5 Å². The van der Waals surface area contributed by atoms with E-state index >= 15 is 4.39 Å². The fourth-order valence-corrected chi connectivity index (χ4v) is 4.18. The smallest absolute Gasteiger partial charge is 0.321 e. The zero-order valence-electron chi connectivity index (χ0n) is 22.2. The summed E-state index contributed by atoms with van der Waals surface area (Å²) in [5.41, 5.74) is 2.75. The second kappa shape index (κ2) is 12.1. The van der Waals surface area contributed by atoms with Crippen molar-refractivity contribution in [2.45, 2.75) is 0 Å². The second-order valence-electron chi connectivity index (χ2n) is 8.77. The first-order chi connectivity index (χ1) is 18.9. The molecule has 0 aliphatic carbocycles. The van der Waals surface area contributed by atoms with Crippen LogP contribution in [0.5, 0.6) is 11.5 Å². The SMILES string of the molecule is COc1cc2nccc(N(C)c3ccc(NC(=O)N(C)CCN(C=O)c4ccccc4)cc3F)c2cc1OC. The monoisotopic (exact) mass is 531 g/mol. The van der Waals surface area contributed by atoms with E-state index in [0.717, 1.165) is 23.2 Å². The topological polar surface area (TPSA) is 87.2 Å². The van der Waals surface area contributed by atoms with Gasteiger partial charge in [-0.15, -0.1) is 0 Å². The lowest BCUT2D eigenvalue weighted by atomic mass is 10.1. The third-order valence-electron chi connectivity index (χ3n) is 6.38.